The van der Waals surface area contributed by atoms with Gasteiger partial charge in [-0.15, -0.1) is 0 Å². The Kier molecular flexibility index (Phi) is 5.01. The molecule has 2 rings (SSSR count). The lowest BCUT2D eigenvalue weighted by atomic mass is 9.82. The van der Waals surface area contributed by atoms with Crippen molar-refractivity contribution >= 4 is 5.69 Å². The number of hydrogen-bond donors (Lipinski definition) is 1. The third kappa shape index (κ3) is 4.73. The van der Waals surface area contributed by atoms with E-state index in [-0.39, 0.29) is 22.5 Å². The van der Waals surface area contributed by atoms with Gasteiger partial charge in [0.15, 0.2) is 0 Å². The van der Waals surface area contributed by atoms with E-state index in [2.05, 4.69) is 94.2 Å². The molecule has 0 fully saturated rings. The third-order valence-electron chi connectivity index (χ3n) is 4.04. The van der Waals surface area contributed by atoms with Crippen LogP contribution in [0, 0.1) is 10.8 Å². The predicted molar refractivity (Wildman–Crippen MR) is 102 cm³/mol. The second-order valence-corrected chi connectivity index (χ2v) is 9.80. The van der Waals surface area contributed by atoms with Crippen LogP contribution < -0.4 is 10.3 Å². The van der Waals surface area contributed by atoms with Gasteiger partial charge in [-0.3, -0.25) is 9.99 Å². The van der Waals surface area contributed by atoms with Crippen molar-refractivity contribution in [2.45, 2.75) is 73.5 Å². The monoisotopic (exact) mass is 330 g/mol. The molecule has 1 atom stereocenters. The molecule has 24 heavy (non-hydrogen) atoms. The quantitative estimate of drug-likeness (QED) is 0.862. The van der Waals surface area contributed by atoms with Crippen LogP contribution in [-0.2, 0) is 0 Å². The van der Waals surface area contributed by atoms with Crippen LogP contribution in [0.1, 0.15) is 61.8 Å². The molecule has 1 aliphatic rings. The zero-order valence-electron chi connectivity index (χ0n) is 16.6. The first kappa shape index (κ1) is 18.8. The first-order chi connectivity index (χ1) is 10.9. The Morgan fingerprint density at radius 3 is 2.21 bits per heavy atom. The minimum Gasteiger partial charge on any atom is -0.322 e. The van der Waals surface area contributed by atoms with Gasteiger partial charge in [-0.2, -0.15) is 0 Å². The van der Waals surface area contributed by atoms with Crippen LogP contribution in [0.25, 0.3) is 0 Å². The summed E-state index contributed by atoms with van der Waals surface area (Å²) in [5.41, 5.74) is 5.23. The van der Waals surface area contributed by atoms with E-state index < -0.39 is 0 Å². The van der Waals surface area contributed by atoms with Crippen LogP contribution in [-0.4, -0.2) is 21.7 Å². The van der Waals surface area contributed by atoms with Crippen LogP contribution in [0.2, 0.25) is 0 Å². The van der Waals surface area contributed by atoms with Gasteiger partial charge in [0.1, 0.15) is 6.17 Å². The highest BCUT2D eigenvalue weighted by Gasteiger charge is 2.39. The van der Waals surface area contributed by atoms with Crippen molar-refractivity contribution in [3.63, 3.8) is 0 Å². The molecule has 0 aromatic carbocycles. The smallest absolute Gasteiger partial charge is 0.125 e. The van der Waals surface area contributed by atoms with Crippen LogP contribution in [0.5, 0.6) is 0 Å². The second-order valence-electron chi connectivity index (χ2n) is 9.80. The predicted octanol–water partition coefficient (Wildman–Crippen LogP) is 4.77. The van der Waals surface area contributed by atoms with E-state index >= 15 is 0 Å². The van der Waals surface area contributed by atoms with E-state index in [4.69, 9.17) is 0 Å². The van der Waals surface area contributed by atoms with Gasteiger partial charge in [-0.1, -0.05) is 41.5 Å². The van der Waals surface area contributed by atoms with E-state index in [1.54, 1.807) is 0 Å². The molecule has 4 nitrogen and oxygen atoms in total. The Morgan fingerprint density at radius 1 is 1.04 bits per heavy atom. The number of nitrogens with zero attached hydrogens (tertiary/aromatic N) is 3. The summed E-state index contributed by atoms with van der Waals surface area (Å²) in [5.74, 6) is 0. The Hall–Kier alpha value is -1.55. The molecule has 0 amide bonds. The lowest BCUT2D eigenvalue weighted by molar-refractivity contribution is 0.0601. The van der Waals surface area contributed by atoms with E-state index in [0.717, 1.165) is 12.1 Å². The lowest BCUT2D eigenvalue weighted by Gasteiger charge is -2.45. The largest absolute Gasteiger partial charge is 0.322 e. The molecule has 0 spiro atoms. The van der Waals surface area contributed by atoms with Crippen molar-refractivity contribution < 1.29 is 0 Å². The molecule has 0 saturated heterocycles. The summed E-state index contributed by atoms with van der Waals surface area (Å²) in [6, 6.07) is 4.10. The molecule has 0 radical (unpaired) electrons. The van der Waals surface area contributed by atoms with Gasteiger partial charge in [0, 0.05) is 29.6 Å². The number of hydrogen-bond acceptors (Lipinski definition) is 4. The molecule has 4 heteroatoms. The number of rotatable bonds is 4. The first-order valence-corrected chi connectivity index (χ1v) is 8.82. The third-order valence-corrected chi connectivity index (χ3v) is 4.04. The van der Waals surface area contributed by atoms with Gasteiger partial charge < -0.3 is 4.90 Å². The molecule has 1 aromatic rings. The second kappa shape index (κ2) is 6.40. The minimum absolute atomic E-state index is 0.0110. The summed E-state index contributed by atoms with van der Waals surface area (Å²) in [4.78, 5) is 6.58. The highest BCUT2D eigenvalue weighted by atomic mass is 15.6. The molecule has 2 heterocycles. The number of pyridine rings is 1. The maximum Gasteiger partial charge on any atom is 0.125 e. The van der Waals surface area contributed by atoms with Crippen molar-refractivity contribution in [1.29, 1.82) is 0 Å². The summed E-state index contributed by atoms with van der Waals surface area (Å²) < 4.78 is 0. The fraction of sp³-hybridized carbons (Fsp3) is 0.650. The SMILES string of the molecule is CC(C)(C)CC(C)(C)NN1C=CN(c2cccnc2)C1C(C)(C)C. The average molecular weight is 331 g/mol. The Morgan fingerprint density at radius 2 is 1.71 bits per heavy atom. The molecular formula is C20H34N4. The number of anilines is 1. The molecule has 1 aliphatic heterocycles. The standard InChI is InChI=1S/C20H34N4/c1-18(2,3)15-20(7,8)22-24-13-12-23(17(24)19(4,5)6)16-10-9-11-21-14-16/h9-14,17,22H,15H2,1-8H3. The minimum atomic E-state index is 0.0110. The first-order valence-electron chi connectivity index (χ1n) is 8.82. The van der Waals surface area contributed by atoms with Crippen LogP contribution in [0.3, 0.4) is 0 Å². The van der Waals surface area contributed by atoms with Crippen molar-refractivity contribution in [3.8, 4) is 0 Å². The summed E-state index contributed by atoms with van der Waals surface area (Å²) in [6.45, 7) is 18.3. The highest BCUT2D eigenvalue weighted by molar-refractivity contribution is 5.50. The zero-order chi connectivity index (χ0) is 18.2. The Balaban J connectivity index is 2.23. The lowest BCUT2D eigenvalue weighted by Crippen LogP contribution is -2.58. The van der Waals surface area contributed by atoms with Crippen molar-refractivity contribution in [2.24, 2.45) is 10.8 Å². The van der Waals surface area contributed by atoms with Gasteiger partial charge >= 0.3 is 0 Å². The topological polar surface area (TPSA) is 31.4 Å². The fourth-order valence-electron chi connectivity index (χ4n) is 3.82. The van der Waals surface area contributed by atoms with E-state index in [9.17, 15) is 0 Å². The Labute approximate surface area is 147 Å². The highest BCUT2D eigenvalue weighted by Crippen LogP contribution is 2.35. The maximum absolute atomic E-state index is 4.28. The van der Waals surface area contributed by atoms with Gasteiger partial charge in [-0.25, -0.2) is 5.43 Å². The summed E-state index contributed by atoms with van der Waals surface area (Å²) >= 11 is 0. The Bertz CT molecular complexity index is 564. The van der Waals surface area contributed by atoms with E-state index in [1.165, 1.54) is 0 Å². The van der Waals surface area contributed by atoms with Crippen LogP contribution in [0.4, 0.5) is 5.69 Å². The van der Waals surface area contributed by atoms with E-state index in [1.807, 2.05) is 18.5 Å². The maximum atomic E-state index is 4.28. The summed E-state index contributed by atoms with van der Waals surface area (Å²) in [7, 11) is 0. The molecule has 0 aliphatic carbocycles. The molecule has 1 aromatic heterocycles. The van der Waals surface area contributed by atoms with Crippen molar-refractivity contribution in [3.05, 3.63) is 36.9 Å². The van der Waals surface area contributed by atoms with Crippen molar-refractivity contribution in [2.75, 3.05) is 4.90 Å². The molecule has 1 unspecified atom stereocenters. The van der Waals surface area contributed by atoms with Crippen molar-refractivity contribution in [1.82, 2.24) is 15.4 Å². The number of nitrogens with one attached hydrogen (secondary N) is 1. The fourth-order valence-corrected chi connectivity index (χ4v) is 3.82. The number of hydrazine groups is 1. The van der Waals surface area contributed by atoms with Gasteiger partial charge in [0.2, 0.25) is 0 Å². The van der Waals surface area contributed by atoms with Gasteiger partial charge in [0.05, 0.1) is 11.9 Å². The number of aromatic nitrogens is 1. The molecule has 1 N–H and O–H groups in total. The molecule has 0 bridgehead atoms. The van der Waals surface area contributed by atoms with Gasteiger partial charge in [-0.05, 0) is 37.8 Å². The molecular weight excluding hydrogens is 296 g/mol. The normalized spacial score (nSPS) is 19.2. The summed E-state index contributed by atoms with van der Waals surface area (Å²) in [6.07, 6.45) is 9.32. The zero-order valence-corrected chi connectivity index (χ0v) is 16.6. The van der Waals surface area contributed by atoms with Gasteiger partial charge in [0.25, 0.3) is 0 Å². The average Bonchev–Trinajstić information content (AvgIpc) is 2.79. The van der Waals surface area contributed by atoms with Crippen LogP contribution >= 0.6 is 0 Å². The van der Waals surface area contributed by atoms with Crippen LogP contribution in [0.15, 0.2) is 36.9 Å². The molecule has 0 saturated carbocycles. The van der Waals surface area contributed by atoms with E-state index in [0.29, 0.717) is 0 Å². The summed E-state index contributed by atoms with van der Waals surface area (Å²) in [5, 5.41) is 2.26. The molecule has 134 valence electrons.